The molecule has 2 aliphatic rings. The standard InChI is InChI=1S/C33H28N4O9/c38-13-21-28(41)29(42)30(43)33(46-21)37-20-12-16(40)2-4-18(20)23-25-24(22-17-3-1-15(39)11-19(17)35-26(22)27(23)37)31(44)36(32(25)45)10-7-14-5-8-34-9-6-14/h1-6,8-9,11-12,21,28-30,33,35,38-43H,7,10,13H2. The fourth-order valence-corrected chi connectivity index (χ4v) is 7.01. The molecule has 5 atom stereocenters. The zero-order valence-electron chi connectivity index (χ0n) is 24.0. The molecule has 1 fully saturated rings. The van der Waals surface area contributed by atoms with Gasteiger partial charge in [-0.3, -0.25) is 19.5 Å². The number of nitrogens with one attached hydrogen (secondary N) is 1. The van der Waals surface area contributed by atoms with Crippen LogP contribution in [0.2, 0.25) is 0 Å². The Morgan fingerprint density at radius 2 is 1.50 bits per heavy atom. The number of ether oxygens (including phenoxy) is 1. The summed E-state index contributed by atoms with van der Waals surface area (Å²) in [6, 6.07) is 12.6. The Kier molecular flexibility index (Phi) is 6.33. The molecule has 234 valence electrons. The maximum absolute atomic E-state index is 14.3. The highest BCUT2D eigenvalue weighted by Gasteiger charge is 2.47. The van der Waals surface area contributed by atoms with Gasteiger partial charge in [0.05, 0.1) is 39.8 Å². The molecule has 13 heteroatoms. The third-order valence-electron chi connectivity index (χ3n) is 9.17. The van der Waals surface area contributed by atoms with Gasteiger partial charge in [-0.2, -0.15) is 0 Å². The highest BCUT2D eigenvalue weighted by Crippen LogP contribution is 2.48. The molecule has 7 N–H and O–H groups in total. The molecule has 46 heavy (non-hydrogen) atoms. The fourth-order valence-electron chi connectivity index (χ4n) is 7.01. The molecule has 0 aliphatic carbocycles. The highest BCUT2D eigenvalue weighted by atomic mass is 16.6. The van der Waals surface area contributed by atoms with Crippen LogP contribution in [-0.4, -0.2) is 99.5 Å². The number of nitrogens with zero attached hydrogens (tertiary/aromatic N) is 3. The lowest BCUT2D eigenvalue weighted by molar-refractivity contribution is -0.249. The van der Waals surface area contributed by atoms with Crippen molar-refractivity contribution < 1.29 is 45.0 Å². The van der Waals surface area contributed by atoms with Crippen molar-refractivity contribution in [1.82, 2.24) is 19.4 Å². The van der Waals surface area contributed by atoms with Crippen LogP contribution in [0.15, 0.2) is 60.9 Å². The molecule has 3 aromatic heterocycles. The first-order valence-electron chi connectivity index (χ1n) is 14.7. The average Bonchev–Trinajstić information content (AvgIpc) is 3.66. The summed E-state index contributed by atoms with van der Waals surface area (Å²) in [4.78, 5) is 37.1. The SMILES string of the molecule is O=C1c2c(c3c4ccc(O)cc4n(C4OC(CO)C(O)C(O)C4O)c3c3[nH]c4cc(O)ccc4c23)C(=O)N1CCc1ccncc1. The van der Waals surface area contributed by atoms with Crippen LogP contribution in [0.3, 0.4) is 0 Å². The summed E-state index contributed by atoms with van der Waals surface area (Å²) < 4.78 is 7.50. The van der Waals surface area contributed by atoms with E-state index in [2.05, 4.69) is 9.97 Å². The summed E-state index contributed by atoms with van der Waals surface area (Å²) in [6.07, 6.45) is -4.03. The Balaban J connectivity index is 1.47. The molecule has 0 spiro atoms. The van der Waals surface area contributed by atoms with Crippen molar-refractivity contribution >= 4 is 55.4 Å². The van der Waals surface area contributed by atoms with Crippen LogP contribution in [0.4, 0.5) is 0 Å². The third kappa shape index (κ3) is 3.90. The molecule has 2 amide bonds. The van der Waals surface area contributed by atoms with Gasteiger partial charge in [-0.25, -0.2) is 0 Å². The van der Waals surface area contributed by atoms with E-state index in [1.165, 1.54) is 33.7 Å². The number of pyridine rings is 1. The minimum Gasteiger partial charge on any atom is -0.508 e. The molecule has 0 saturated carbocycles. The number of benzene rings is 3. The first-order valence-corrected chi connectivity index (χ1v) is 14.7. The minimum absolute atomic E-state index is 0.0345. The van der Waals surface area contributed by atoms with Gasteiger partial charge in [0, 0.05) is 52.6 Å². The number of aliphatic hydroxyl groups is 4. The van der Waals surface area contributed by atoms with E-state index in [1.807, 2.05) is 0 Å². The fraction of sp³-hybridized carbons (Fsp3) is 0.242. The summed E-state index contributed by atoms with van der Waals surface area (Å²) in [6.45, 7) is -0.575. The summed E-state index contributed by atoms with van der Waals surface area (Å²) in [5.41, 5.74) is 2.62. The van der Waals surface area contributed by atoms with Crippen molar-refractivity contribution in [2.24, 2.45) is 0 Å². The zero-order chi connectivity index (χ0) is 32.0. The number of H-pyrrole nitrogens is 1. The van der Waals surface area contributed by atoms with Crippen molar-refractivity contribution in [3.63, 3.8) is 0 Å². The van der Waals surface area contributed by atoms with Crippen molar-refractivity contribution in [1.29, 1.82) is 0 Å². The van der Waals surface area contributed by atoms with E-state index in [9.17, 15) is 40.2 Å². The van der Waals surface area contributed by atoms with E-state index in [0.717, 1.165) is 5.56 Å². The molecule has 5 heterocycles. The minimum atomic E-state index is -1.71. The molecule has 5 unspecified atom stereocenters. The topological polar surface area (TPSA) is 202 Å². The lowest BCUT2D eigenvalue weighted by Gasteiger charge is -2.41. The number of aromatic nitrogens is 3. The summed E-state index contributed by atoms with van der Waals surface area (Å²) in [5, 5.41) is 65.1. The Morgan fingerprint density at radius 1 is 0.826 bits per heavy atom. The number of fused-ring (bicyclic) bond motifs is 10. The van der Waals surface area contributed by atoms with Crippen molar-refractivity contribution in [3.05, 3.63) is 77.6 Å². The predicted octanol–water partition coefficient (Wildman–Crippen LogP) is 2.05. The van der Waals surface area contributed by atoms with Gasteiger partial charge in [0.15, 0.2) is 6.23 Å². The number of imide groups is 1. The van der Waals surface area contributed by atoms with E-state index >= 15 is 0 Å². The first-order chi connectivity index (χ1) is 22.2. The maximum Gasteiger partial charge on any atom is 0.262 e. The smallest absolute Gasteiger partial charge is 0.262 e. The van der Waals surface area contributed by atoms with Crippen molar-refractivity contribution in [2.75, 3.05) is 13.2 Å². The van der Waals surface area contributed by atoms with Crippen LogP contribution in [0.5, 0.6) is 11.5 Å². The quantitative estimate of drug-likeness (QED) is 0.139. The van der Waals surface area contributed by atoms with E-state index < -0.39 is 49.1 Å². The van der Waals surface area contributed by atoms with Crippen LogP contribution in [-0.2, 0) is 11.2 Å². The Bertz CT molecular complexity index is 2230. The monoisotopic (exact) mass is 624 g/mol. The summed E-state index contributed by atoms with van der Waals surface area (Å²) >= 11 is 0. The van der Waals surface area contributed by atoms with E-state index in [-0.39, 0.29) is 29.2 Å². The lowest BCUT2D eigenvalue weighted by Crippen LogP contribution is -2.56. The second-order valence-electron chi connectivity index (χ2n) is 11.7. The Labute approximate surface area is 259 Å². The van der Waals surface area contributed by atoms with E-state index in [4.69, 9.17) is 4.74 Å². The zero-order valence-corrected chi connectivity index (χ0v) is 24.0. The molecule has 1 saturated heterocycles. The van der Waals surface area contributed by atoms with Crippen LogP contribution in [0, 0.1) is 0 Å². The second-order valence-corrected chi connectivity index (χ2v) is 11.7. The van der Waals surface area contributed by atoms with Gasteiger partial charge in [-0.1, -0.05) is 0 Å². The predicted molar refractivity (Wildman–Crippen MR) is 164 cm³/mol. The molecule has 3 aromatic carbocycles. The molecular weight excluding hydrogens is 596 g/mol. The van der Waals surface area contributed by atoms with Crippen LogP contribution < -0.4 is 0 Å². The molecule has 0 radical (unpaired) electrons. The molecule has 2 aliphatic heterocycles. The van der Waals surface area contributed by atoms with E-state index in [0.29, 0.717) is 50.0 Å². The maximum atomic E-state index is 14.3. The van der Waals surface area contributed by atoms with Crippen LogP contribution >= 0.6 is 0 Å². The third-order valence-corrected chi connectivity index (χ3v) is 9.17. The number of aliphatic hydroxyl groups excluding tert-OH is 4. The van der Waals surface area contributed by atoms with Gasteiger partial charge in [-0.15, -0.1) is 0 Å². The highest BCUT2D eigenvalue weighted by molar-refractivity contribution is 6.39. The number of aromatic amines is 1. The van der Waals surface area contributed by atoms with Crippen LogP contribution in [0.1, 0.15) is 32.5 Å². The van der Waals surface area contributed by atoms with Crippen molar-refractivity contribution in [3.8, 4) is 11.5 Å². The average molecular weight is 625 g/mol. The number of phenols is 2. The van der Waals surface area contributed by atoms with Crippen LogP contribution in [0.25, 0.3) is 43.6 Å². The molecular formula is C33H28N4O9. The molecule has 6 aromatic rings. The Morgan fingerprint density at radius 3 is 2.22 bits per heavy atom. The number of rotatable bonds is 5. The van der Waals surface area contributed by atoms with Gasteiger partial charge < -0.3 is 44.9 Å². The van der Waals surface area contributed by atoms with Crippen molar-refractivity contribution in [2.45, 2.75) is 37.1 Å². The van der Waals surface area contributed by atoms with Gasteiger partial charge in [0.25, 0.3) is 11.8 Å². The number of hydrogen-bond donors (Lipinski definition) is 7. The number of carbonyl (C=O) groups excluding carboxylic acids is 2. The normalized spacial score (nSPS) is 23.4. The van der Waals surface area contributed by atoms with Gasteiger partial charge in [-0.05, 0) is 48.4 Å². The second kappa shape index (κ2) is 10.2. The lowest BCUT2D eigenvalue weighted by atomic mass is 9.96. The van der Waals surface area contributed by atoms with Gasteiger partial charge in [0.2, 0.25) is 0 Å². The first kappa shape index (κ1) is 28.4. The number of carbonyl (C=O) groups is 2. The largest absolute Gasteiger partial charge is 0.508 e. The number of amides is 2. The molecule has 13 nitrogen and oxygen atoms in total. The number of aromatic hydroxyl groups is 2. The summed E-state index contributed by atoms with van der Waals surface area (Å²) in [7, 11) is 0. The molecule has 8 rings (SSSR count). The molecule has 0 bridgehead atoms. The summed E-state index contributed by atoms with van der Waals surface area (Å²) in [5.74, 6) is -1.21. The van der Waals surface area contributed by atoms with Gasteiger partial charge >= 0.3 is 0 Å². The van der Waals surface area contributed by atoms with Gasteiger partial charge in [0.1, 0.15) is 35.9 Å². The van der Waals surface area contributed by atoms with E-state index in [1.54, 1.807) is 36.7 Å². The number of phenolic OH excluding ortho intramolecular Hbond substituents is 2. The number of hydrogen-bond acceptors (Lipinski definition) is 10. The Hall–Kier alpha value is -5.05.